The molecular weight excluding hydrogens is 326 g/mol. The van der Waals surface area contributed by atoms with Crippen LogP contribution in [0.25, 0.3) is 10.8 Å². The molecule has 0 spiro atoms. The number of benzene rings is 2. The minimum atomic E-state index is -0.115. The number of nitrogens with one attached hydrogen (secondary N) is 1. The van der Waals surface area contributed by atoms with E-state index in [-0.39, 0.29) is 6.03 Å². The van der Waals surface area contributed by atoms with E-state index >= 15 is 0 Å². The maximum Gasteiger partial charge on any atom is 0.323 e. The summed E-state index contributed by atoms with van der Waals surface area (Å²) in [6, 6.07) is 14.9. The van der Waals surface area contributed by atoms with E-state index in [0.717, 1.165) is 19.6 Å². The first-order valence-electron chi connectivity index (χ1n) is 8.80. The van der Waals surface area contributed by atoms with Crippen LogP contribution in [0.1, 0.15) is 5.56 Å². The zero-order valence-corrected chi connectivity index (χ0v) is 14.5. The Morgan fingerprint density at radius 2 is 1.81 bits per heavy atom. The summed E-state index contributed by atoms with van der Waals surface area (Å²) in [5.41, 5.74) is 1.31. The summed E-state index contributed by atoms with van der Waals surface area (Å²) >= 11 is 0. The second kappa shape index (κ2) is 7.49. The third-order valence-corrected chi connectivity index (χ3v) is 4.68. The Kier molecular flexibility index (Phi) is 4.75. The van der Waals surface area contributed by atoms with Crippen LogP contribution >= 0.6 is 0 Å². The zero-order chi connectivity index (χ0) is 17.8. The Hall–Kier alpha value is -2.99. The maximum atomic E-state index is 12.3. The predicted molar refractivity (Wildman–Crippen MR) is 102 cm³/mol. The number of amides is 2. The van der Waals surface area contributed by atoms with Crippen molar-refractivity contribution in [2.75, 3.05) is 31.5 Å². The summed E-state index contributed by atoms with van der Waals surface area (Å²) in [5, 5.41) is 5.33. The number of urea groups is 1. The molecule has 1 N–H and O–H groups in total. The molecule has 1 aliphatic heterocycles. The summed E-state index contributed by atoms with van der Waals surface area (Å²) in [4.78, 5) is 24.6. The van der Waals surface area contributed by atoms with Crippen molar-refractivity contribution in [3.63, 3.8) is 0 Å². The zero-order valence-electron chi connectivity index (χ0n) is 14.5. The van der Waals surface area contributed by atoms with Gasteiger partial charge in [0.25, 0.3) is 0 Å². The Balaban J connectivity index is 1.32. The molecule has 0 radical (unpaired) electrons. The van der Waals surface area contributed by atoms with Gasteiger partial charge in [0.15, 0.2) is 5.82 Å². The van der Waals surface area contributed by atoms with Gasteiger partial charge in [-0.3, -0.25) is 15.2 Å². The quantitative estimate of drug-likeness (QED) is 0.791. The molecular formula is C20H21N5O. The molecule has 1 fully saturated rings. The van der Waals surface area contributed by atoms with Crippen molar-refractivity contribution in [1.82, 2.24) is 19.8 Å². The molecule has 0 unspecified atom stereocenters. The van der Waals surface area contributed by atoms with E-state index < -0.39 is 0 Å². The van der Waals surface area contributed by atoms with Gasteiger partial charge < -0.3 is 4.90 Å². The van der Waals surface area contributed by atoms with Crippen LogP contribution in [-0.4, -0.2) is 52.0 Å². The molecule has 6 nitrogen and oxygen atoms in total. The van der Waals surface area contributed by atoms with Crippen molar-refractivity contribution in [3.05, 3.63) is 66.6 Å². The molecule has 0 bridgehead atoms. The molecule has 0 aliphatic carbocycles. The van der Waals surface area contributed by atoms with E-state index in [0.29, 0.717) is 18.9 Å². The highest BCUT2D eigenvalue weighted by atomic mass is 16.2. The van der Waals surface area contributed by atoms with Gasteiger partial charge in [0.05, 0.1) is 6.20 Å². The molecule has 2 heterocycles. The number of aromatic nitrogens is 2. The molecule has 1 saturated heterocycles. The molecule has 132 valence electrons. The lowest BCUT2D eigenvalue weighted by atomic mass is 10.1. The normalized spacial score (nSPS) is 15.2. The first-order valence-corrected chi connectivity index (χ1v) is 8.80. The number of carbonyl (C=O) groups excluding carboxylic acids is 1. The van der Waals surface area contributed by atoms with E-state index in [4.69, 9.17) is 0 Å². The first-order chi connectivity index (χ1) is 12.8. The lowest BCUT2D eigenvalue weighted by molar-refractivity contribution is 0.143. The van der Waals surface area contributed by atoms with Gasteiger partial charge in [-0.05, 0) is 22.4 Å². The van der Waals surface area contributed by atoms with Crippen LogP contribution in [0.3, 0.4) is 0 Å². The van der Waals surface area contributed by atoms with Crippen LogP contribution in [0.4, 0.5) is 10.6 Å². The molecule has 1 aromatic heterocycles. The number of rotatable bonds is 3. The smallest absolute Gasteiger partial charge is 0.322 e. The van der Waals surface area contributed by atoms with Crippen LogP contribution in [-0.2, 0) is 6.54 Å². The molecule has 2 amide bonds. The Bertz CT molecular complexity index is 891. The lowest BCUT2D eigenvalue weighted by Gasteiger charge is -2.34. The highest BCUT2D eigenvalue weighted by molar-refractivity contribution is 5.88. The summed E-state index contributed by atoms with van der Waals surface area (Å²) in [5.74, 6) is 0.482. The van der Waals surface area contributed by atoms with Crippen molar-refractivity contribution in [3.8, 4) is 0 Å². The predicted octanol–water partition coefficient (Wildman–Crippen LogP) is 2.98. The van der Waals surface area contributed by atoms with Crippen LogP contribution < -0.4 is 5.32 Å². The minimum Gasteiger partial charge on any atom is -0.322 e. The highest BCUT2D eigenvalue weighted by Gasteiger charge is 2.21. The van der Waals surface area contributed by atoms with Crippen molar-refractivity contribution in [1.29, 1.82) is 0 Å². The fourth-order valence-electron chi connectivity index (χ4n) is 3.26. The van der Waals surface area contributed by atoms with Crippen LogP contribution in [0.5, 0.6) is 0 Å². The van der Waals surface area contributed by atoms with Gasteiger partial charge in [0, 0.05) is 45.1 Å². The van der Waals surface area contributed by atoms with Crippen LogP contribution in [0.15, 0.2) is 61.1 Å². The van der Waals surface area contributed by atoms with Gasteiger partial charge >= 0.3 is 6.03 Å². The molecule has 26 heavy (non-hydrogen) atoms. The second-order valence-corrected chi connectivity index (χ2v) is 6.47. The van der Waals surface area contributed by atoms with Crippen LogP contribution in [0.2, 0.25) is 0 Å². The molecule has 4 rings (SSSR count). The summed E-state index contributed by atoms with van der Waals surface area (Å²) in [7, 11) is 0. The first kappa shape index (κ1) is 16.5. The number of hydrogen-bond donors (Lipinski definition) is 1. The largest absolute Gasteiger partial charge is 0.323 e. The van der Waals surface area contributed by atoms with E-state index in [1.54, 1.807) is 18.6 Å². The standard InChI is InChI=1S/C20H21N5O/c26-20(23-19-14-21-7-8-22-19)25-11-9-24(10-12-25)15-16-5-6-17-3-1-2-4-18(17)13-16/h1-8,13-14H,9-12,15H2,(H,22,23,26). The van der Waals surface area contributed by atoms with Gasteiger partial charge in [-0.15, -0.1) is 0 Å². The minimum absolute atomic E-state index is 0.115. The van der Waals surface area contributed by atoms with Crippen molar-refractivity contribution < 1.29 is 4.79 Å². The molecule has 1 aliphatic rings. The third-order valence-electron chi connectivity index (χ3n) is 4.68. The summed E-state index contributed by atoms with van der Waals surface area (Å²) in [6.45, 7) is 4.05. The van der Waals surface area contributed by atoms with Gasteiger partial charge in [-0.25, -0.2) is 9.78 Å². The summed E-state index contributed by atoms with van der Waals surface area (Å²) < 4.78 is 0. The topological polar surface area (TPSA) is 61.4 Å². The van der Waals surface area contributed by atoms with E-state index in [9.17, 15) is 4.79 Å². The molecule has 3 aromatic rings. The molecule has 0 atom stereocenters. The van der Waals surface area contributed by atoms with E-state index in [1.807, 2.05) is 4.90 Å². The van der Waals surface area contributed by atoms with Crippen LogP contribution in [0, 0.1) is 0 Å². The molecule has 6 heteroatoms. The van der Waals surface area contributed by atoms with Gasteiger partial charge in [-0.1, -0.05) is 36.4 Å². The summed E-state index contributed by atoms with van der Waals surface area (Å²) in [6.07, 6.45) is 4.70. The van der Waals surface area contributed by atoms with Gasteiger partial charge in [0.2, 0.25) is 0 Å². The molecule has 2 aromatic carbocycles. The van der Waals surface area contributed by atoms with Gasteiger partial charge in [-0.2, -0.15) is 0 Å². The lowest BCUT2D eigenvalue weighted by Crippen LogP contribution is -2.49. The Morgan fingerprint density at radius 1 is 1.00 bits per heavy atom. The average molecular weight is 347 g/mol. The number of anilines is 1. The number of nitrogens with zero attached hydrogens (tertiary/aromatic N) is 4. The fraction of sp³-hybridized carbons (Fsp3) is 0.250. The van der Waals surface area contributed by atoms with E-state index in [2.05, 4.69) is 62.6 Å². The third kappa shape index (κ3) is 3.81. The van der Waals surface area contributed by atoms with Crippen molar-refractivity contribution in [2.45, 2.75) is 6.54 Å². The number of carbonyl (C=O) groups is 1. The second-order valence-electron chi connectivity index (χ2n) is 6.47. The average Bonchev–Trinajstić information content (AvgIpc) is 2.69. The Labute approximate surface area is 152 Å². The number of fused-ring (bicyclic) bond motifs is 1. The van der Waals surface area contributed by atoms with Crippen molar-refractivity contribution >= 4 is 22.6 Å². The molecule has 0 saturated carbocycles. The number of hydrogen-bond acceptors (Lipinski definition) is 4. The van der Waals surface area contributed by atoms with Crippen molar-refractivity contribution in [2.24, 2.45) is 0 Å². The SMILES string of the molecule is O=C(Nc1cnccn1)N1CCN(Cc2ccc3ccccc3c2)CC1. The number of piperazine rings is 1. The maximum absolute atomic E-state index is 12.3. The fourth-order valence-corrected chi connectivity index (χ4v) is 3.26. The van der Waals surface area contributed by atoms with E-state index in [1.165, 1.54) is 16.3 Å². The van der Waals surface area contributed by atoms with Gasteiger partial charge in [0.1, 0.15) is 0 Å². The highest BCUT2D eigenvalue weighted by Crippen LogP contribution is 2.17. The monoisotopic (exact) mass is 347 g/mol. The Morgan fingerprint density at radius 3 is 2.58 bits per heavy atom.